The third-order valence-electron chi connectivity index (χ3n) is 2.40. The Morgan fingerprint density at radius 3 is 1.00 bits per heavy atom. The van der Waals surface area contributed by atoms with Crippen molar-refractivity contribution in [2.45, 2.75) is 60.4 Å². The highest BCUT2D eigenvalue weighted by atomic mass is 15.1. The summed E-state index contributed by atoms with van der Waals surface area (Å²) in [6.07, 6.45) is 1.27. The molecule has 0 aliphatic heterocycles. The van der Waals surface area contributed by atoms with Gasteiger partial charge < -0.3 is 4.90 Å². The van der Waals surface area contributed by atoms with Crippen LogP contribution >= 0.6 is 0 Å². The van der Waals surface area contributed by atoms with Crippen molar-refractivity contribution in [1.29, 1.82) is 0 Å². The maximum atomic E-state index is 2.24. The van der Waals surface area contributed by atoms with Crippen molar-refractivity contribution in [3.05, 3.63) is 0 Å². The second kappa shape index (κ2) is 5.64. The van der Waals surface area contributed by atoms with Crippen LogP contribution < -0.4 is 0 Å². The van der Waals surface area contributed by atoms with Gasteiger partial charge in [-0.25, -0.2) is 0 Å². The highest BCUT2D eigenvalue weighted by Gasteiger charge is 2.10. The van der Waals surface area contributed by atoms with Crippen LogP contribution in [0.1, 0.15) is 54.9 Å². The molecular formula is C12H29N. The summed E-state index contributed by atoms with van der Waals surface area (Å²) in [5, 5.41) is 0. The Morgan fingerprint density at radius 2 is 1.00 bits per heavy atom. The SMILES string of the molecule is CCC(C)(C)C.CN(C)C(C)(C)C. The molecule has 0 saturated heterocycles. The van der Waals surface area contributed by atoms with Gasteiger partial charge in [0.2, 0.25) is 0 Å². The Bertz CT molecular complexity index is 112. The van der Waals surface area contributed by atoms with Crippen LogP contribution in [0.4, 0.5) is 0 Å². The third-order valence-corrected chi connectivity index (χ3v) is 2.40. The molecule has 0 saturated carbocycles. The number of hydrogen-bond donors (Lipinski definition) is 0. The predicted octanol–water partition coefficient (Wildman–Crippen LogP) is 3.79. The monoisotopic (exact) mass is 187 g/mol. The maximum Gasteiger partial charge on any atom is 0.0118 e. The highest BCUT2D eigenvalue weighted by molar-refractivity contribution is 4.68. The lowest BCUT2D eigenvalue weighted by molar-refractivity contribution is 0.219. The van der Waals surface area contributed by atoms with Crippen molar-refractivity contribution in [3.63, 3.8) is 0 Å². The first-order valence-electron chi connectivity index (χ1n) is 5.18. The van der Waals surface area contributed by atoms with Crippen molar-refractivity contribution in [1.82, 2.24) is 4.90 Å². The van der Waals surface area contributed by atoms with E-state index in [1.165, 1.54) is 6.42 Å². The van der Waals surface area contributed by atoms with E-state index in [2.05, 4.69) is 67.5 Å². The first kappa shape index (κ1) is 15.4. The Balaban J connectivity index is 0. The van der Waals surface area contributed by atoms with Crippen LogP contribution in [-0.2, 0) is 0 Å². The van der Waals surface area contributed by atoms with E-state index in [1.54, 1.807) is 0 Å². The molecule has 0 aromatic heterocycles. The number of nitrogens with zero attached hydrogens (tertiary/aromatic N) is 1. The maximum absolute atomic E-state index is 2.24. The lowest BCUT2D eigenvalue weighted by Gasteiger charge is -2.27. The van der Waals surface area contributed by atoms with E-state index in [9.17, 15) is 0 Å². The second-order valence-electron chi connectivity index (χ2n) is 5.98. The molecule has 1 heteroatoms. The van der Waals surface area contributed by atoms with Gasteiger partial charge in [-0.2, -0.15) is 0 Å². The molecule has 0 aliphatic carbocycles. The molecule has 0 aromatic carbocycles. The zero-order chi connectivity index (χ0) is 11.3. The van der Waals surface area contributed by atoms with Crippen LogP contribution in [0.25, 0.3) is 0 Å². The van der Waals surface area contributed by atoms with Gasteiger partial charge in [-0.05, 0) is 40.3 Å². The standard InChI is InChI=1S/C6H15N.C6H14/c1-6(2,3)7(4)5;1-5-6(2,3)4/h1-5H3;5H2,1-4H3. The lowest BCUT2D eigenvalue weighted by Crippen LogP contribution is -2.34. The van der Waals surface area contributed by atoms with E-state index in [0.717, 1.165) is 0 Å². The summed E-state index contributed by atoms with van der Waals surface area (Å²) in [6, 6.07) is 0. The van der Waals surface area contributed by atoms with Gasteiger partial charge in [0.1, 0.15) is 0 Å². The smallest absolute Gasteiger partial charge is 0.0118 e. The van der Waals surface area contributed by atoms with Crippen LogP contribution in [0, 0.1) is 5.41 Å². The summed E-state index contributed by atoms with van der Waals surface area (Å²) in [5.41, 5.74) is 0.875. The summed E-state index contributed by atoms with van der Waals surface area (Å²) in [4.78, 5) is 2.19. The van der Waals surface area contributed by atoms with Gasteiger partial charge >= 0.3 is 0 Å². The van der Waals surface area contributed by atoms with E-state index in [-0.39, 0.29) is 0 Å². The fourth-order valence-corrected chi connectivity index (χ4v) is 0. The fraction of sp³-hybridized carbons (Fsp3) is 1.00. The molecule has 82 valence electrons. The van der Waals surface area contributed by atoms with Gasteiger partial charge in [0.05, 0.1) is 0 Å². The Kier molecular flexibility index (Phi) is 6.70. The topological polar surface area (TPSA) is 3.24 Å². The van der Waals surface area contributed by atoms with Crippen LogP contribution in [0.15, 0.2) is 0 Å². The molecule has 0 bridgehead atoms. The molecule has 1 nitrogen and oxygen atoms in total. The molecule has 0 spiro atoms. The summed E-state index contributed by atoms with van der Waals surface area (Å²) in [6.45, 7) is 15.5. The second-order valence-corrected chi connectivity index (χ2v) is 5.98. The zero-order valence-corrected chi connectivity index (χ0v) is 11.2. The van der Waals surface area contributed by atoms with E-state index in [4.69, 9.17) is 0 Å². The number of hydrogen-bond acceptors (Lipinski definition) is 1. The Labute approximate surface area is 85.5 Å². The first-order chi connectivity index (χ1) is 5.50. The van der Waals surface area contributed by atoms with Crippen LogP contribution in [0.2, 0.25) is 0 Å². The van der Waals surface area contributed by atoms with Gasteiger partial charge in [0.25, 0.3) is 0 Å². The summed E-state index contributed by atoms with van der Waals surface area (Å²) in [5.74, 6) is 0. The van der Waals surface area contributed by atoms with Crippen molar-refractivity contribution in [3.8, 4) is 0 Å². The summed E-state index contributed by atoms with van der Waals surface area (Å²) < 4.78 is 0. The molecule has 0 rings (SSSR count). The molecule has 13 heavy (non-hydrogen) atoms. The van der Waals surface area contributed by atoms with E-state index in [1.807, 2.05) is 0 Å². The largest absolute Gasteiger partial charge is 0.305 e. The molecule has 0 aromatic rings. The molecule has 0 amide bonds. The Morgan fingerprint density at radius 1 is 0.846 bits per heavy atom. The molecule has 0 atom stereocenters. The van der Waals surface area contributed by atoms with Crippen LogP contribution in [0.5, 0.6) is 0 Å². The average Bonchev–Trinajstić information content (AvgIpc) is 1.85. The summed E-state index contributed by atoms with van der Waals surface area (Å²) in [7, 11) is 4.17. The van der Waals surface area contributed by atoms with Gasteiger partial charge in [-0.3, -0.25) is 0 Å². The highest BCUT2D eigenvalue weighted by Crippen LogP contribution is 2.16. The van der Waals surface area contributed by atoms with E-state index in [0.29, 0.717) is 11.0 Å². The minimum Gasteiger partial charge on any atom is -0.305 e. The minimum atomic E-state index is 0.333. The molecular weight excluding hydrogens is 158 g/mol. The molecule has 0 aliphatic rings. The van der Waals surface area contributed by atoms with Crippen molar-refractivity contribution in [2.24, 2.45) is 5.41 Å². The zero-order valence-electron chi connectivity index (χ0n) is 11.2. The van der Waals surface area contributed by atoms with E-state index < -0.39 is 0 Å². The van der Waals surface area contributed by atoms with Gasteiger partial charge in [-0.15, -0.1) is 0 Å². The van der Waals surface area contributed by atoms with Crippen LogP contribution in [-0.4, -0.2) is 24.5 Å². The molecule has 0 radical (unpaired) electrons. The molecule has 0 fully saturated rings. The van der Waals surface area contributed by atoms with Crippen molar-refractivity contribution in [2.75, 3.05) is 14.1 Å². The number of rotatable bonds is 0. The van der Waals surface area contributed by atoms with E-state index >= 15 is 0 Å². The third kappa shape index (κ3) is 14.8. The van der Waals surface area contributed by atoms with Gasteiger partial charge in [0.15, 0.2) is 0 Å². The molecule has 0 N–H and O–H groups in total. The fourth-order valence-electron chi connectivity index (χ4n) is 0. The van der Waals surface area contributed by atoms with Crippen molar-refractivity contribution < 1.29 is 0 Å². The normalized spacial score (nSPS) is 12.5. The van der Waals surface area contributed by atoms with Gasteiger partial charge in [0, 0.05) is 5.54 Å². The van der Waals surface area contributed by atoms with Crippen molar-refractivity contribution >= 4 is 0 Å². The lowest BCUT2D eigenvalue weighted by atomic mass is 9.94. The predicted molar refractivity (Wildman–Crippen MR) is 63.2 cm³/mol. The molecule has 0 heterocycles. The first-order valence-corrected chi connectivity index (χ1v) is 5.18. The molecule has 0 unspecified atom stereocenters. The minimum absolute atomic E-state index is 0.333. The average molecular weight is 187 g/mol. The summed E-state index contributed by atoms with van der Waals surface area (Å²) >= 11 is 0. The quantitative estimate of drug-likeness (QED) is 0.558. The Hall–Kier alpha value is -0.0400. The van der Waals surface area contributed by atoms with Gasteiger partial charge in [-0.1, -0.05) is 34.1 Å². The van der Waals surface area contributed by atoms with Crippen LogP contribution in [0.3, 0.4) is 0 Å².